The molecule has 1 fully saturated rings. The van der Waals surface area contributed by atoms with Crippen LogP contribution in [0, 0.1) is 5.92 Å². The quantitative estimate of drug-likeness (QED) is 0.781. The molecule has 8 heteroatoms. The second kappa shape index (κ2) is 6.95. The summed E-state index contributed by atoms with van der Waals surface area (Å²) in [5.41, 5.74) is 5.96. The van der Waals surface area contributed by atoms with Gasteiger partial charge in [0.25, 0.3) is 0 Å². The monoisotopic (exact) mass is 331 g/mol. The smallest absolute Gasteiger partial charge is 0.211 e. The van der Waals surface area contributed by atoms with Crippen molar-refractivity contribution in [3.63, 3.8) is 0 Å². The van der Waals surface area contributed by atoms with E-state index in [0.717, 1.165) is 17.8 Å². The van der Waals surface area contributed by atoms with Gasteiger partial charge in [-0.25, -0.2) is 17.7 Å². The SMILES string of the molecule is CS(=O)(=O)N1CCCC(CC(=O)c2csc(CCN)n2)C1. The van der Waals surface area contributed by atoms with Crippen LogP contribution >= 0.6 is 11.3 Å². The maximum atomic E-state index is 12.2. The number of piperidine rings is 1. The molecule has 0 bridgehead atoms. The van der Waals surface area contributed by atoms with Gasteiger partial charge in [0, 0.05) is 31.3 Å². The van der Waals surface area contributed by atoms with Gasteiger partial charge in [-0.15, -0.1) is 11.3 Å². The number of nitrogens with two attached hydrogens (primary N) is 1. The summed E-state index contributed by atoms with van der Waals surface area (Å²) < 4.78 is 24.6. The first-order valence-electron chi connectivity index (χ1n) is 7.03. The summed E-state index contributed by atoms with van der Waals surface area (Å²) in [6.45, 7) is 1.51. The third kappa shape index (κ3) is 4.57. The summed E-state index contributed by atoms with van der Waals surface area (Å²) >= 11 is 1.45. The Balaban J connectivity index is 1.95. The Morgan fingerprint density at radius 1 is 1.57 bits per heavy atom. The molecule has 0 aliphatic carbocycles. The molecule has 118 valence electrons. The molecule has 0 amide bonds. The highest BCUT2D eigenvalue weighted by Crippen LogP contribution is 2.23. The Kier molecular flexibility index (Phi) is 5.48. The van der Waals surface area contributed by atoms with Gasteiger partial charge in [-0.1, -0.05) is 0 Å². The van der Waals surface area contributed by atoms with Crippen LogP contribution in [0.5, 0.6) is 0 Å². The van der Waals surface area contributed by atoms with Gasteiger partial charge in [-0.3, -0.25) is 4.79 Å². The van der Waals surface area contributed by atoms with Gasteiger partial charge in [-0.05, 0) is 25.3 Å². The molecule has 2 rings (SSSR count). The zero-order valence-electron chi connectivity index (χ0n) is 12.1. The Morgan fingerprint density at radius 3 is 3.00 bits per heavy atom. The molecule has 2 N–H and O–H groups in total. The molecule has 0 aromatic carbocycles. The predicted octanol–water partition coefficient (Wildman–Crippen LogP) is 0.889. The van der Waals surface area contributed by atoms with Crippen LogP contribution in [-0.4, -0.2) is 49.4 Å². The molecule has 0 radical (unpaired) electrons. The van der Waals surface area contributed by atoms with E-state index < -0.39 is 10.0 Å². The molecule has 1 unspecified atom stereocenters. The van der Waals surface area contributed by atoms with E-state index in [2.05, 4.69) is 4.98 Å². The first kappa shape index (κ1) is 16.5. The average molecular weight is 331 g/mol. The summed E-state index contributed by atoms with van der Waals surface area (Å²) in [6, 6.07) is 0. The van der Waals surface area contributed by atoms with Gasteiger partial charge >= 0.3 is 0 Å². The zero-order chi connectivity index (χ0) is 15.5. The number of aromatic nitrogens is 1. The molecule has 1 aromatic heterocycles. The lowest BCUT2D eigenvalue weighted by atomic mass is 9.93. The van der Waals surface area contributed by atoms with E-state index in [9.17, 15) is 13.2 Å². The second-order valence-corrected chi connectivity index (χ2v) is 8.35. The lowest BCUT2D eigenvalue weighted by Gasteiger charge is -2.30. The van der Waals surface area contributed by atoms with Crippen molar-refractivity contribution in [3.8, 4) is 0 Å². The van der Waals surface area contributed by atoms with Crippen LogP contribution in [0.2, 0.25) is 0 Å². The van der Waals surface area contributed by atoms with E-state index >= 15 is 0 Å². The molecule has 0 spiro atoms. The highest BCUT2D eigenvalue weighted by molar-refractivity contribution is 7.88. The van der Waals surface area contributed by atoms with E-state index in [1.165, 1.54) is 21.9 Å². The number of Topliss-reactive ketones (excluding diaryl/α,β-unsaturated/α-hetero) is 1. The molecular weight excluding hydrogens is 310 g/mol. The van der Waals surface area contributed by atoms with Gasteiger partial charge in [0.1, 0.15) is 5.69 Å². The molecule has 1 aromatic rings. The standard InChI is InChI=1S/C13H21N3O3S2/c1-21(18,19)16-6-2-3-10(8-16)7-12(17)11-9-20-13(15-11)4-5-14/h9-10H,2-8,14H2,1H3. The minimum Gasteiger partial charge on any atom is -0.330 e. The molecule has 6 nitrogen and oxygen atoms in total. The highest BCUT2D eigenvalue weighted by Gasteiger charge is 2.27. The van der Waals surface area contributed by atoms with Crippen molar-refractivity contribution < 1.29 is 13.2 Å². The van der Waals surface area contributed by atoms with Crippen molar-refractivity contribution >= 4 is 27.1 Å². The first-order valence-corrected chi connectivity index (χ1v) is 9.75. The fourth-order valence-corrected chi connectivity index (χ4v) is 4.30. The minimum atomic E-state index is -3.17. The number of carbonyl (C=O) groups is 1. The van der Waals surface area contributed by atoms with Crippen LogP contribution in [0.15, 0.2) is 5.38 Å². The molecule has 21 heavy (non-hydrogen) atoms. The number of nitrogens with zero attached hydrogens (tertiary/aromatic N) is 2. The lowest BCUT2D eigenvalue weighted by molar-refractivity contribution is 0.0938. The van der Waals surface area contributed by atoms with Gasteiger partial charge in [0.05, 0.1) is 11.3 Å². The van der Waals surface area contributed by atoms with Crippen molar-refractivity contribution in [1.29, 1.82) is 0 Å². The summed E-state index contributed by atoms with van der Waals surface area (Å²) in [4.78, 5) is 16.5. The van der Waals surface area contributed by atoms with E-state index in [1.54, 1.807) is 5.38 Å². The average Bonchev–Trinajstić information content (AvgIpc) is 2.87. The van der Waals surface area contributed by atoms with Crippen LogP contribution in [0.4, 0.5) is 0 Å². The van der Waals surface area contributed by atoms with Gasteiger partial charge < -0.3 is 5.73 Å². The number of carbonyl (C=O) groups excluding carboxylic acids is 1. The van der Waals surface area contributed by atoms with E-state index in [-0.39, 0.29) is 11.7 Å². The summed E-state index contributed by atoms with van der Waals surface area (Å²) in [5, 5.41) is 2.65. The van der Waals surface area contributed by atoms with E-state index in [0.29, 0.717) is 38.2 Å². The Labute approximate surface area is 129 Å². The fraction of sp³-hybridized carbons (Fsp3) is 0.692. The number of thiazole rings is 1. The van der Waals surface area contributed by atoms with Gasteiger partial charge in [0.15, 0.2) is 5.78 Å². The molecule has 1 saturated heterocycles. The first-order chi connectivity index (χ1) is 9.90. The van der Waals surface area contributed by atoms with Crippen LogP contribution in [0.3, 0.4) is 0 Å². The summed E-state index contributed by atoms with van der Waals surface area (Å²) in [6.07, 6.45) is 3.95. The molecule has 2 heterocycles. The van der Waals surface area contributed by atoms with E-state index in [4.69, 9.17) is 5.73 Å². The van der Waals surface area contributed by atoms with Crippen molar-refractivity contribution in [3.05, 3.63) is 16.1 Å². The summed E-state index contributed by atoms with van der Waals surface area (Å²) in [5.74, 6) is 0.0792. The Morgan fingerprint density at radius 2 is 2.33 bits per heavy atom. The normalized spacial score (nSPS) is 20.6. The van der Waals surface area contributed by atoms with Crippen molar-refractivity contribution in [1.82, 2.24) is 9.29 Å². The lowest BCUT2D eigenvalue weighted by Crippen LogP contribution is -2.39. The number of ketones is 1. The summed E-state index contributed by atoms with van der Waals surface area (Å²) in [7, 11) is -3.17. The number of rotatable bonds is 6. The second-order valence-electron chi connectivity index (χ2n) is 5.42. The van der Waals surface area contributed by atoms with Gasteiger partial charge in [-0.2, -0.15) is 0 Å². The molecule has 1 aliphatic rings. The highest BCUT2D eigenvalue weighted by atomic mass is 32.2. The Bertz CT molecular complexity index is 598. The third-order valence-electron chi connectivity index (χ3n) is 3.62. The molecule has 1 atom stereocenters. The molecule has 1 aliphatic heterocycles. The molecule has 0 saturated carbocycles. The van der Waals surface area contributed by atoms with Gasteiger partial charge in [0.2, 0.25) is 10.0 Å². The largest absolute Gasteiger partial charge is 0.330 e. The zero-order valence-corrected chi connectivity index (χ0v) is 13.8. The predicted molar refractivity (Wildman–Crippen MR) is 83.0 cm³/mol. The van der Waals surface area contributed by atoms with Crippen LogP contribution in [0.1, 0.15) is 34.8 Å². The molecular formula is C13H21N3O3S2. The Hall–Kier alpha value is -0.830. The topological polar surface area (TPSA) is 93.4 Å². The van der Waals surface area contributed by atoms with Crippen LogP contribution in [-0.2, 0) is 16.4 Å². The van der Waals surface area contributed by atoms with Crippen molar-refractivity contribution in [2.24, 2.45) is 11.7 Å². The van der Waals surface area contributed by atoms with E-state index in [1.807, 2.05) is 0 Å². The number of hydrogen-bond donors (Lipinski definition) is 1. The van der Waals surface area contributed by atoms with Crippen molar-refractivity contribution in [2.75, 3.05) is 25.9 Å². The van der Waals surface area contributed by atoms with Crippen LogP contribution in [0.25, 0.3) is 0 Å². The van der Waals surface area contributed by atoms with Crippen molar-refractivity contribution in [2.45, 2.75) is 25.7 Å². The van der Waals surface area contributed by atoms with Crippen LogP contribution < -0.4 is 5.73 Å². The fourth-order valence-electron chi connectivity index (χ4n) is 2.54. The minimum absolute atomic E-state index is 0.00475. The third-order valence-corrected chi connectivity index (χ3v) is 5.80. The number of hydrogen-bond acceptors (Lipinski definition) is 6. The maximum absolute atomic E-state index is 12.2. The maximum Gasteiger partial charge on any atom is 0.211 e. The number of sulfonamides is 1.